The Morgan fingerprint density at radius 3 is 2.24 bits per heavy atom. The van der Waals surface area contributed by atoms with Crippen molar-refractivity contribution < 1.29 is 27.5 Å². The van der Waals surface area contributed by atoms with Crippen molar-refractivity contribution in [3.8, 4) is 5.75 Å². The summed E-state index contributed by atoms with van der Waals surface area (Å²) in [7, 11) is 0. The molecule has 3 rings (SSSR count). The molecule has 0 aliphatic carbocycles. The first-order valence-corrected chi connectivity index (χ1v) is 10.4. The lowest BCUT2D eigenvalue weighted by Gasteiger charge is -2.12. The fourth-order valence-electron chi connectivity index (χ4n) is 3.02. The van der Waals surface area contributed by atoms with Crippen molar-refractivity contribution in [1.82, 2.24) is 0 Å². The van der Waals surface area contributed by atoms with Gasteiger partial charge >= 0.3 is 6.18 Å². The van der Waals surface area contributed by atoms with Crippen molar-refractivity contribution in [2.45, 2.75) is 25.9 Å². The van der Waals surface area contributed by atoms with E-state index in [0.717, 1.165) is 25.0 Å². The molecule has 0 saturated carbocycles. The van der Waals surface area contributed by atoms with Crippen LogP contribution in [0.4, 0.5) is 24.5 Å². The van der Waals surface area contributed by atoms with Crippen LogP contribution < -0.4 is 15.4 Å². The van der Waals surface area contributed by atoms with Gasteiger partial charge in [0.1, 0.15) is 5.75 Å². The second kappa shape index (κ2) is 10.7. The largest absolute Gasteiger partial charge is 0.493 e. The summed E-state index contributed by atoms with van der Waals surface area (Å²) in [5.41, 5.74) is 0.0497. The number of hydrogen-bond donors (Lipinski definition) is 2. The van der Waals surface area contributed by atoms with Gasteiger partial charge in [0.15, 0.2) is 0 Å². The van der Waals surface area contributed by atoms with Gasteiger partial charge in [0.05, 0.1) is 17.7 Å². The van der Waals surface area contributed by atoms with Gasteiger partial charge < -0.3 is 15.4 Å². The van der Waals surface area contributed by atoms with Gasteiger partial charge in [0, 0.05) is 16.9 Å². The van der Waals surface area contributed by atoms with E-state index in [1.807, 2.05) is 6.92 Å². The lowest BCUT2D eigenvalue weighted by atomic mass is 10.1. The maximum atomic E-state index is 12.9. The Bertz CT molecular complexity index is 1130. The van der Waals surface area contributed by atoms with Gasteiger partial charge in [0.2, 0.25) is 0 Å². The summed E-state index contributed by atoms with van der Waals surface area (Å²) in [4.78, 5) is 25.3. The number of ether oxygens (including phenoxy) is 1. The molecule has 3 aromatic carbocycles. The summed E-state index contributed by atoms with van der Waals surface area (Å²) < 4.78 is 44.4. The monoisotopic (exact) mass is 456 g/mol. The second-order valence-electron chi connectivity index (χ2n) is 7.27. The van der Waals surface area contributed by atoms with Crippen molar-refractivity contribution in [2.24, 2.45) is 0 Å². The molecule has 0 bridgehead atoms. The van der Waals surface area contributed by atoms with Crippen LogP contribution >= 0.6 is 0 Å². The minimum absolute atomic E-state index is 0.0161. The van der Waals surface area contributed by atoms with Gasteiger partial charge in [-0.25, -0.2) is 0 Å². The number of para-hydroxylation sites is 1. The third kappa shape index (κ3) is 6.58. The number of hydrogen-bond acceptors (Lipinski definition) is 3. The normalized spacial score (nSPS) is 11.0. The molecule has 3 aromatic rings. The molecule has 0 atom stereocenters. The summed E-state index contributed by atoms with van der Waals surface area (Å²) >= 11 is 0. The third-order valence-corrected chi connectivity index (χ3v) is 4.72. The van der Waals surface area contributed by atoms with Crippen molar-refractivity contribution in [1.29, 1.82) is 0 Å². The molecule has 33 heavy (non-hydrogen) atoms. The fraction of sp³-hybridized carbons (Fsp3) is 0.200. The molecule has 0 saturated heterocycles. The standard InChI is InChI=1S/C25H23F3N2O3/c1-2-3-14-33-22-13-5-4-12-21(22)24(32)30-19-10-6-8-17(15-19)23(31)29-20-11-7-9-18(16-20)25(26,27)28/h4-13,15-16H,2-3,14H2,1H3,(H,29,31)(H,30,32). The predicted octanol–water partition coefficient (Wildman–Crippen LogP) is 6.39. The number of anilines is 2. The molecule has 2 N–H and O–H groups in total. The first kappa shape index (κ1) is 23.8. The SMILES string of the molecule is CCCCOc1ccccc1C(=O)Nc1cccc(C(=O)Nc2cccc(C(F)(F)F)c2)c1. The minimum atomic E-state index is -4.51. The first-order chi connectivity index (χ1) is 15.8. The molecule has 0 aliphatic rings. The van der Waals surface area contributed by atoms with Crippen LogP contribution in [0.2, 0.25) is 0 Å². The van der Waals surface area contributed by atoms with E-state index in [2.05, 4.69) is 10.6 Å². The molecular weight excluding hydrogens is 433 g/mol. The fourth-order valence-corrected chi connectivity index (χ4v) is 3.02. The molecule has 0 aromatic heterocycles. The third-order valence-electron chi connectivity index (χ3n) is 4.72. The molecular formula is C25H23F3N2O3. The lowest BCUT2D eigenvalue weighted by molar-refractivity contribution is -0.137. The maximum Gasteiger partial charge on any atom is 0.416 e. The van der Waals surface area contributed by atoms with Crippen LogP contribution in [-0.4, -0.2) is 18.4 Å². The number of unbranched alkanes of at least 4 members (excludes halogenated alkanes) is 1. The van der Waals surface area contributed by atoms with E-state index in [4.69, 9.17) is 4.74 Å². The summed E-state index contributed by atoms with van der Waals surface area (Å²) in [5.74, 6) is -0.548. The molecule has 172 valence electrons. The van der Waals surface area contributed by atoms with Crippen LogP contribution in [0, 0.1) is 0 Å². The number of halogens is 3. The van der Waals surface area contributed by atoms with E-state index < -0.39 is 23.6 Å². The van der Waals surface area contributed by atoms with E-state index in [1.54, 1.807) is 36.4 Å². The Morgan fingerprint density at radius 1 is 0.848 bits per heavy atom. The van der Waals surface area contributed by atoms with Crippen molar-refractivity contribution >= 4 is 23.2 Å². The highest BCUT2D eigenvalue weighted by atomic mass is 19.4. The molecule has 0 aliphatic heterocycles. The number of carbonyl (C=O) groups is 2. The summed E-state index contributed by atoms with van der Waals surface area (Å²) in [6, 6.07) is 17.3. The Balaban J connectivity index is 1.71. The van der Waals surface area contributed by atoms with E-state index in [1.165, 1.54) is 24.3 Å². The highest BCUT2D eigenvalue weighted by Gasteiger charge is 2.30. The van der Waals surface area contributed by atoms with Gasteiger partial charge in [-0.05, 0) is 55.0 Å². The van der Waals surface area contributed by atoms with Crippen LogP contribution in [0.25, 0.3) is 0 Å². The smallest absolute Gasteiger partial charge is 0.416 e. The number of amides is 2. The highest BCUT2D eigenvalue weighted by Crippen LogP contribution is 2.30. The Kier molecular flexibility index (Phi) is 7.71. The van der Waals surface area contributed by atoms with Gasteiger partial charge in [-0.15, -0.1) is 0 Å². The molecule has 0 spiro atoms. The van der Waals surface area contributed by atoms with Crippen LogP contribution in [-0.2, 0) is 6.18 Å². The van der Waals surface area contributed by atoms with E-state index in [-0.39, 0.29) is 11.3 Å². The number of benzene rings is 3. The van der Waals surface area contributed by atoms with Crippen LogP contribution in [0.15, 0.2) is 72.8 Å². The highest BCUT2D eigenvalue weighted by molar-refractivity contribution is 6.08. The van der Waals surface area contributed by atoms with Crippen molar-refractivity contribution in [2.75, 3.05) is 17.2 Å². The number of carbonyl (C=O) groups excluding carboxylic acids is 2. The van der Waals surface area contributed by atoms with Gasteiger partial charge in [-0.2, -0.15) is 13.2 Å². The molecule has 8 heteroatoms. The topological polar surface area (TPSA) is 67.4 Å². The van der Waals surface area contributed by atoms with Gasteiger partial charge in [0.25, 0.3) is 11.8 Å². The molecule has 0 heterocycles. The molecule has 0 unspecified atom stereocenters. The zero-order valence-corrected chi connectivity index (χ0v) is 17.9. The van der Waals surface area contributed by atoms with Crippen molar-refractivity contribution in [3.63, 3.8) is 0 Å². The maximum absolute atomic E-state index is 12.9. The molecule has 5 nitrogen and oxygen atoms in total. The average molecular weight is 456 g/mol. The molecule has 0 fully saturated rings. The average Bonchev–Trinajstić information content (AvgIpc) is 2.79. The molecule has 2 amide bonds. The Morgan fingerprint density at radius 2 is 1.52 bits per heavy atom. The van der Waals surface area contributed by atoms with Gasteiger partial charge in [-0.3, -0.25) is 9.59 Å². The quantitative estimate of drug-likeness (QED) is 0.386. The lowest BCUT2D eigenvalue weighted by Crippen LogP contribution is -2.16. The number of nitrogens with one attached hydrogen (secondary N) is 2. The second-order valence-corrected chi connectivity index (χ2v) is 7.27. The summed E-state index contributed by atoms with van der Waals surface area (Å²) in [6.45, 7) is 2.53. The van der Waals surface area contributed by atoms with E-state index in [9.17, 15) is 22.8 Å². The number of alkyl halides is 3. The zero-order chi connectivity index (χ0) is 23.8. The summed E-state index contributed by atoms with van der Waals surface area (Å²) in [5, 5.41) is 5.18. The predicted molar refractivity (Wildman–Crippen MR) is 121 cm³/mol. The van der Waals surface area contributed by atoms with Crippen LogP contribution in [0.3, 0.4) is 0 Å². The van der Waals surface area contributed by atoms with Crippen LogP contribution in [0.1, 0.15) is 46.0 Å². The summed E-state index contributed by atoms with van der Waals surface area (Å²) in [6.07, 6.45) is -2.69. The number of rotatable bonds is 8. The Hall–Kier alpha value is -3.81. The van der Waals surface area contributed by atoms with Crippen molar-refractivity contribution in [3.05, 3.63) is 89.5 Å². The minimum Gasteiger partial charge on any atom is -0.493 e. The van der Waals surface area contributed by atoms with Crippen LogP contribution in [0.5, 0.6) is 5.75 Å². The van der Waals surface area contributed by atoms with Gasteiger partial charge in [-0.1, -0.05) is 37.6 Å². The zero-order valence-electron chi connectivity index (χ0n) is 17.9. The molecule has 0 radical (unpaired) electrons. The van der Waals surface area contributed by atoms with E-state index in [0.29, 0.717) is 23.6 Å². The van der Waals surface area contributed by atoms with E-state index >= 15 is 0 Å². The Labute approximate surface area is 189 Å². The first-order valence-electron chi connectivity index (χ1n) is 10.4.